The highest BCUT2D eigenvalue weighted by Crippen LogP contribution is 2.35. The highest BCUT2D eigenvalue weighted by Gasteiger charge is 2.32. The second-order valence-electron chi connectivity index (χ2n) is 6.45. The number of rotatable bonds is 7. The lowest BCUT2D eigenvalue weighted by Crippen LogP contribution is -2.34. The molecule has 3 rings (SSSR count). The normalized spacial score (nSPS) is 12.2. The number of nitrogens with zero attached hydrogens (tertiary/aromatic N) is 2. The fraction of sp³-hybridized carbons (Fsp3) is 0.143. The first kappa shape index (κ1) is 21.3. The number of benzene rings is 3. The predicted octanol–water partition coefficient (Wildman–Crippen LogP) is 4.70. The Morgan fingerprint density at radius 3 is 2.13 bits per heavy atom. The van der Waals surface area contributed by atoms with Crippen LogP contribution in [-0.2, 0) is 10.0 Å². The molecule has 0 spiro atoms. The lowest BCUT2D eigenvalue weighted by molar-refractivity contribution is -0.384. The van der Waals surface area contributed by atoms with E-state index in [9.17, 15) is 22.9 Å². The Morgan fingerprint density at radius 2 is 1.60 bits per heavy atom. The molecular weight excluding hydrogens is 411 g/mol. The first-order chi connectivity index (χ1) is 14.3. The molecular formula is C21H19FN2O5S. The zero-order chi connectivity index (χ0) is 21.9. The van der Waals surface area contributed by atoms with Crippen LogP contribution < -0.4 is 9.04 Å². The molecule has 30 heavy (non-hydrogen) atoms. The van der Waals surface area contributed by atoms with E-state index in [2.05, 4.69) is 0 Å². The van der Waals surface area contributed by atoms with Gasteiger partial charge in [0.15, 0.2) is 0 Å². The van der Waals surface area contributed by atoms with Crippen molar-refractivity contribution in [3.05, 3.63) is 94.3 Å². The molecule has 7 nitrogen and oxygen atoms in total. The topological polar surface area (TPSA) is 89.8 Å². The highest BCUT2D eigenvalue weighted by molar-refractivity contribution is 7.92. The molecule has 0 saturated carbocycles. The standard InChI is InChI=1S/C21H19FN2O5S/c1-15(20-5-3-4-6-21(20)22)23(16-7-11-18(29-2)12-8-16)30(27,28)19-13-9-17(10-14-19)24(25)26/h3-15H,1-2H3. The van der Waals surface area contributed by atoms with Gasteiger partial charge >= 0.3 is 0 Å². The average molecular weight is 430 g/mol. The minimum Gasteiger partial charge on any atom is -0.497 e. The number of nitro benzene ring substituents is 1. The van der Waals surface area contributed by atoms with Gasteiger partial charge in [0.2, 0.25) is 0 Å². The van der Waals surface area contributed by atoms with E-state index < -0.39 is 26.8 Å². The van der Waals surface area contributed by atoms with Crippen molar-refractivity contribution in [2.45, 2.75) is 17.9 Å². The summed E-state index contributed by atoms with van der Waals surface area (Å²) in [6.45, 7) is 1.57. The van der Waals surface area contributed by atoms with E-state index in [0.717, 1.165) is 28.6 Å². The minimum absolute atomic E-state index is 0.146. The van der Waals surface area contributed by atoms with Gasteiger partial charge in [-0.25, -0.2) is 12.8 Å². The van der Waals surface area contributed by atoms with Crippen LogP contribution in [0.3, 0.4) is 0 Å². The zero-order valence-corrected chi connectivity index (χ0v) is 17.0. The van der Waals surface area contributed by atoms with E-state index in [0.29, 0.717) is 11.4 Å². The van der Waals surface area contributed by atoms with E-state index in [1.165, 1.54) is 25.3 Å². The number of halogens is 1. The molecule has 1 atom stereocenters. The molecule has 0 aromatic heterocycles. The summed E-state index contributed by atoms with van der Waals surface area (Å²) in [5.74, 6) is -0.00705. The summed E-state index contributed by atoms with van der Waals surface area (Å²) in [6.07, 6.45) is 0. The third-order valence-electron chi connectivity index (χ3n) is 4.64. The molecule has 9 heteroatoms. The Balaban J connectivity index is 2.14. The molecule has 0 heterocycles. The van der Waals surface area contributed by atoms with Crippen molar-refractivity contribution >= 4 is 21.4 Å². The number of methoxy groups -OCH3 is 1. The van der Waals surface area contributed by atoms with Crippen molar-refractivity contribution < 1.29 is 22.5 Å². The molecule has 0 aliphatic rings. The van der Waals surface area contributed by atoms with Gasteiger partial charge < -0.3 is 4.74 Å². The van der Waals surface area contributed by atoms with Gasteiger partial charge in [-0.1, -0.05) is 18.2 Å². The Morgan fingerprint density at radius 1 is 1.00 bits per heavy atom. The van der Waals surface area contributed by atoms with Gasteiger partial charge in [-0.3, -0.25) is 14.4 Å². The summed E-state index contributed by atoms with van der Waals surface area (Å²) in [6, 6.07) is 15.9. The Kier molecular flexibility index (Phi) is 6.02. The highest BCUT2D eigenvalue weighted by atomic mass is 32.2. The molecule has 156 valence electrons. The van der Waals surface area contributed by atoms with Gasteiger partial charge in [0.25, 0.3) is 15.7 Å². The smallest absolute Gasteiger partial charge is 0.269 e. The second-order valence-corrected chi connectivity index (χ2v) is 8.26. The SMILES string of the molecule is COc1ccc(N(C(C)c2ccccc2F)S(=O)(=O)c2ccc([N+](=O)[O-])cc2)cc1. The van der Waals surface area contributed by atoms with E-state index in [1.807, 2.05) is 0 Å². The maximum absolute atomic E-state index is 14.5. The molecule has 0 fully saturated rings. The maximum atomic E-state index is 14.5. The zero-order valence-electron chi connectivity index (χ0n) is 16.2. The summed E-state index contributed by atoms with van der Waals surface area (Å²) < 4.78 is 47.7. The number of hydrogen-bond acceptors (Lipinski definition) is 5. The maximum Gasteiger partial charge on any atom is 0.269 e. The lowest BCUT2D eigenvalue weighted by Gasteiger charge is -2.31. The van der Waals surface area contributed by atoms with E-state index in [4.69, 9.17) is 4.74 Å². The summed E-state index contributed by atoms with van der Waals surface area (Å²) in [5, 5.41) is 10.9. The molecule has 3 aromatic rings. The Labute approximate surface area is 173 Å². The third kappa shape index (κ3) is 4.11. The fourth-order valence-electron chi connectivity index (χ4n) is 3.09. The van der Waals surface area contributed by atoms with Gasteiger partial charge in [-0.05, 0) is 49.4 Å². The van der Waals surface area contributed by atoms with Gasteiger partial charge in [0, 0.05) is 17.7 Å². The van der Waals surface area contributed by atoms with Crippen molar-refractivity contribution in [2.75, 3.05) is 11.4 Å². The molecule has 0 N–H and O–H groups in total. The third-order valence-corrected chi connectivity index (χ3v) is 6.55. The van der Waals surface area contributed by atoms with Crippen LogP contribution in [0.2, 0.25) is 0 Å². The van der Waals surface area contributed by atoms with E-state index >= 15 is 0 Å². The van der Waals surface area contributed by atoms with Crippen LogP contribution in [0, 0.1) is 15.9 Å². The van der Waals surface area contributed by atoms with Gasteiger partial charge in [-0.15, -0.1) is 0 Å². The van der Waals surface area contributed by atoms with Crippen LogP contribution in [0.1, 0.15) is 18.5 Å². The molecule has 1 unspecified atom stereocenters. The molecule has 3 aromatic carbocycles. The van der Waals surface area contributed by atoms with Crippen molar-refractivity contribution in [1.29, 1.82) is 0 Å². The van der Waals surface area contributed by atoms with E-state index in [1.54, 1.807) is 37.3 Å². The van der Waals surface area contributed by atoms with Crippen molar-refractivity contribution in [1.82, 2.24) is 0 Å². The van der Waals surface area contributed by atoms with Gasteiger partial charge in [-0.2, -0.15) is 0 Å². The monoisotopic (exact) mass is 430 g/mol. The van der Waals surface area contributed by atoms with Crippen molar-refractivity contribution in [3.63, 3.8) is 0 Å². The first-order valence-electron chi connectivity index (χ1n) is 8.93. The average Bonchev–Trinajstić information content (AvgIpc) is 2.74. The number of nitro groups is 1. The van der Waals surface area contributed by atoms with Crippen LogP contribution in [0.15, 0.2) is 77.7 Å². The Bertz CT molecular complexity index is 1150. The van der Waals surface area contributed by atoms with Gasteiger partial charge in [0.1, 0.15) is 11.6 Å². The largest absolute Gasteiger partial charge is 0.497 e. The number of non-ortho nitro benzene ring substituents is 1. The molecule has 0 aliphatic heterocycles. The summed E-state index contributed by atoms with van der Waals surface area (Å²) >= 11 is 0. The molecule has 0 aliphatic carbocycles. The number of sulfonamides is 1. The molecule has 0 radical (unpaired) electrons. The van der Waals surface area contributed by atoms with Crippen molar-refractivity contribution in [2.24, 2.45) is 0 Å². The second kappa shape index (κ2) is 8.50. The first-order valence-corrected chi connectivity index (χ1v) is 10.4. The van der Waals surface area contributed by atoms with Gasteiger partial charge in [0.05, 0.1) is 28.7 Å². The molecule has 0 bridgehead atoms. The Hall–Kier alpha value is -3.46. The van der Waals surface area contributed by atoms with Crippen LogP contribution in [0.4, 0.5) is 15.8 Å². The van der Waals surface area contributed by atoms with Crippen LogP contribution in [0.25, 0.3) is 0 Å². The summed E-state index contributed by atoms with van der Waals surface area (Å²) in [4.78, 5) is 10.1. The fourth-order valence-corrected chi connectivity index (χ4v) is 4.73. The van der Waals surface area contributed by atoms with E-state index in [-0.39, 0.29) is 16.1 Å². The minimum atomic E-state index is -4.18. The number of hydrogen-bond donors (Lipinski definition) is 0. The van der Waals surface area contributed by atoms with Crippen LogP contribution >= 0.6 is 0 Å². The number of anilines is 1. The predicted molar refractivity (Wildman–Crippen MR) is 111 cm³/mol. The summed E-state index contributed by atoms with van der Waals surface area (Å²) in [5.41, 5.74) is 0.260. The van der Waals surface area contributed by atoms with Crippen LogP contribution in [0.5, 0.6) is 5.75 Å². The molecule has 0 saturated heterocycles. The lowest BCUT2D eigenvalue weighted by atomic mass is 10.1. The van der Waals surface area contributed by atoms with Crippen molar-refractivity contribution in [3.8, 4) is 5.75 Å². The van der Waals surface area contributed by atoms with Crippen LogP contribution in [-0.4, -0.2) is 20.5 Å². The number of ether oxygens (including phenoxy) is 1. The quantitative estimate of drug-likeness (QED) is 0.400. The summed E-state index contributed by atoms with van der Waals surface area (Å²) in [7, 11) is -2.69. The molecule has 0 amide bonds.